The second kappa shape index (κ2) is 7.01. The van der Waals surface area contributed by atoms with Crippen LogP contribution in [0.25, 0.3) is 0 Å². The number of benzene rings is 1. The summed E-state index contributed by atoms with van der Waals surface area (Å²) in [7, 11) is -3.40. The zero-order valence-corrected chi connectivity index (χ0v) is 15.2. The van der Waals surface area contributed by atoms with Crippen LogP contribution in [-0.4, -0.2) is 37.4 Å². The summed E-state index contributed by atoms with van der Waals surface area (Å²) in [5.41, 5.74) is 1.44. The van der Waals surface area contributed by atoms with Crippen LogP contribution in [0.4, 0.5) is 0 Å². The number of carbonyl (C=O) groups is 1. The number of amides is 1. The number of hydrogen-bond acceptors (Lipinski definition) is 4. The first-order valence-electron chi connectivity index (χ1n) is 7.93. The highest BCUT2D eigenvalue weighted by Crippen LogP contribution is 2.21. The van der Waals surface area contributed by atoms with Crippen molar-refractivity contribution in [1.29, 1.82) is 0 Å². The first-order chi connectivity index (χ1) is 11.9. The molecule has 0 saturated heterocycles. The van der Waals surface area contributed by atoms with Gasteiger partial charge in [-0.15, -0.1) is 4.40 Å². The van der Waals surface area contributed by atoms with Gasteiger partial charge in [0.2, 0.25) is 0 Å². The monoisotopic (exact) mass is 379 g/mol. The van der Waals surface area contributed by atoms with Gasteiger partial charge < -0.3 is 10.2 Å². The van der Waals surface area contributed by atoms with Crippen LogP contribution >= 0.6 is 11.6 Å². The lowest BCUT2D eigenvalue weighted by molar-refractivity contribution is -0.118. The molecule has 6 nitrogen and oxygen atoms in total. The summed E-state index contributed by atoms with van der Waals surface area (Å²) in [6.45, 7) is 2.28. The van der Waals surface area contributed by atoms with Gasteiger partial charge in [-0.1, -0.05) is 30.7 Å². The van der Waals surface area contributed by atoms with E-state index >= 15 is 0 Å². The summed E-state index contributed by atoms with van der Waals surface area (Å²) in [5.74, 6) is 0.0658. The molecule has 0 bridgehead atoms. The summed E-state index contributed by atoms with van der Waals surface area (Å²) >= 11 is 5.91. The van der Waals surface area contributed by atoms with Crippen LogP contribution in [-0.2, 0) is 14.8 Å². The number of halogens is 1. The zero-order chi connectivity index (χ0) is 18.0. The average molecular weight is 380 g/mol. The standard InChI is InChI=1S/C17H18ClN3O3S/c1-2-15(12-3-6-14(18)7-4-12)19-17(22)13-5-8-16-20-25(23,24)10-9-21(16)11-13/h3-8,11,15H,2,9-10H2,1H3,(H,19,22). The Labute approximate surface area is 151 Å². The molecule has 2 aliphatic heterocycles. The van der Waals surface area contributed by atoms with E-state index in [2.05, 4.69) is 9.71 Å². The van der Waals surface area contributed by atoms with E-state index in [-0.39, 0.29) is 24.2 Å². The summed E-state index contributed by atoms with van der Waals surface area (Å²) in [6.07, 6.45) is 5.51. The van der Waals surface area contributed by atoms with Crippen LogP contribution in [0.15, 0.2) is 52.6 Å². The molecule has 2 aliphatic rings. The molecule has 2 heterocycles. The molecule has 0 aromatic heterocycles. The quantitative estimate of drug-likeness (QED) is 0.871. The topological polar surface area (TPSA) is 78.8 Å². The summed E-state index contributed by atoms with van der Waals surface area (Å²) < 4.78 is 26.8. The molecule has 0 saturated carbocycles. The second-order valence-electron chi connectivity index (χ2n) is 5.83. The van der Waals surface area contributed by atoms with E-state index < -0.39 is 10.0 Å². The number of sulfonamides is 1. The van der Waals surface area contributed by atoms with Gasteiger partial charge in [0.15, 0.2) is 0 Å². The number of nitrogens with one attached hydrogen (secondary N) is 1. The highest BCUT2D eigenvalue weighted by atomic mass is 35.5. The molecule has 132 valence electrons. The van der Waals surface area contributed by atoms with E-state index in [1.807, 2.05) is 19.1 Å². The zero-order valence-electron chi connectivity index (χ0n) is 13.6. The van der Waals surface area contributed by atoms with E-state index in [1.165, 1.54) is 0 Å². The smallest absolute Gasteiger partial charge is 0.256 e. The molecule has 1 atom stereocenters. The average Bonchev–Trinajstić information content (AvgIpc) is 2.59. The van der Waals surface area contributed by atoms with Crippen LogP contribution < -0.4 is 5.32 Å². The first kappa shape index (κ1) is 17.7. The van der Waals surface area contributed by atoms with Gasteiger partial charge in [-0.2, -0.15) is 0 Å². The lowest BCUT2D eigenvalue weighted by atomic mass is 10.0. The molecule has 0 fully saturated rings. The Morgan fingerprint density at radius 3 is 2.72 bits per heavy atom. The fourth-order valence-corrected chi connectivity index (χ4v) is 3.79. The van der Waals surface area contributed by atoms with Crippen molar-refractivity contribution in [3.8, 4) is 0 Å². The third-order valence-electron chi connectivity index (χ3n) is 4.07. The van der Waals surface area contributed by atoms with E-state index in [0.717, 1.165) is 12.0 Å². The Kier molecular flexibility index (Phi) is 4.96. The van der Waals surface area contributed by atoms with Gasteiger partial charge >= 0.3 is 0 Å². The Morgan fingerprint density at radius 1 is 1.32 bits per heavy atom. The Balaban J connectivity index is 1.74. The van der Waals surface area contributed by atoms with Crippen molar-refractivity contribution in [3.05, 3.63) is 58.8 Å². The molecular formula is C17H18ClN3O3S. The molecule has 1 aromatic carbocycles. The predicted molar refractivity (Wildman–Crippen MR) is 97.8 cm³/mol. The molecule has 0 spiro atoms. The number of hydrogen-bond donors (Lipinski definition) is 1. The summed E-state index contributed by atoms with van der Waals surface area (Å²) in [6, 6.07) is 7.24. The minimum Gasteiger partial charge on any atom is -0.345 e. The van der Waals surface area contributed by atoms with Gasteiger partial charge in [0.25, 0.3) is 15.9 Å². The fourth-order valence-electron chi connectivity index (χ4n) is 2.69. The lowest BCUT2D eigenvalue weighted by Crippen LogP contribution is -2.38. The maximum atomic E-state index is 12.6. The maximum absolute atomic E-state index is 12.6. The number of amidine groups is 1. The van der Waals surface area contributed by atoms with E-state index in [9.17, 15) is 13.2 Å². The number of nitrogens with zero attached hydrogens (tertiary/aromatic N) is 2. The van der Waals surface area contributed by atoms with E-state index in [1.54, 1.807) is 35.4 Å². The Morgan fingerprint density at radius 2 is 2.04 bits per heavy atom. The Bertz CT molecular complexity index is 873. The van der Waals surface area contributed by atoms with Gasteiger partial charge in [0.05, 0.1) is 17.4 Å². The number of rotatable bonds is 4. The molecule has 1 N–H and O–H groups in total. The first-order valence-corrected chi connectivity index (χ1v) is 9.92. The molecule has 3 rings (SSSR count). The van der Waals surface area contributed by atoms with Crippen molar-refractivity contribution in [2.75, 3.05) is 12.3 Å². The van der Waals surface area contributed by atoms with Crippen molar-refractivity contribution in [3.63, 3.8) is 0 Å². The second-order valence-corrected chi connectivity index (χ2v) is 8.02. The molecular weight excluding hydrogens is 362 g/mol. The number of fused-ring (bicyclic) bond motifs is 1. The minimum atomic E-state index is -3.40. The van der Waals surface area contributed by atoms with Crippen LogP contribution in [0.3, 0.4) is 0 Å². The van der Waals surface area contributed by atoms with Crippen molar-refractivity contribution in [1.82, 2.24) is 10.2 Å². The van der Waals surface area contributed by atoms with Crippen LogP contribution in [0.2, 0.25) is 5.02 Å². The normalized spacial score (nSPS) is 19.5. The summed E-state index contributed by atoms with van der Waals surface area (Å²) in [4.78, 5) is 14.2. The van der Waals surface area contributed by atoms with Crippen molar-refractivity contribution >= 4 is 33.4 Å². The highest BCUT2D eigenvalue weighted by Gasteiger charge is 2.25. The molecule has 1 aromatic rings. The predicted octanol–water partition coefficient (Wildman–Crippen LogP) is 2.40. The van der Waals surface area contributed by atoms with Gasteiger partial charge in [0.1, 0.15) is 5.84 Å². The van der Waals surface area contributed by atoms with Crippen molar-refractivity contribution < 1.29 is 13.2 Å². The lowest BCUT2D eigenvalue weighted by Gasteiger charge is -2.27. The van der Waals surface area contributed by atoms with E-state index in [4.69, 9.17) is 11.6 Å². The highest BCUT2D eigenvalue weighted by molar-refractivity contribution is 7.90. The van der Waals surface area contributed by atoms with E-state index in [0.29, 0.717) is 16.4 Å². The van der Waals surface area contributed by atoms with Gasteiger partial charge in [-0.05, 0) is 36.3 Å². The van der Waals surface area contributed by atoms with Crippen LogP contribution in [0.5, 0.6) is 0 Å². The largest absolute Gasteiger partial charge is 0.345 e. The molecule has 8 heteroatoms. The van der Waals surface area contributed by atoms with Crippen molar-refractivity contribution in [2.45, 2.75) is 19.4 Å². The molecule has 1 unspecified atom stereocenters. The SMILES string of the molecule is CCC(NC(=O)C1=CN2CCS(=O)(=O)N=C2C=C1)c1ccc(Cl)cc1. The molecule has 25 heavy (non-hydrogen) atoms. The number of carbonyl (C=O) groups excluding carboxylic acids is 1. The van der Waals surface area contributed by atoms with Crippen LogP contribution in [0, 0.1) is 0 Å². The minimum absolute atomic E-state index is 0.0574. The van der Waals surface area contributed by atoms with Crippen LogP contribution in [0.1, 0.15) is 24.9 Å². The molecule has 0 aliphatic carbocycles. The maximum Gasteiger partial charge on any atom is 0.256 e. The Hall–Kier alpha value is -2.12. The summed E-state index contributed by atoms with van der Waals surface area (Å²) in [5, 5.41) is 3.65. The third-order valence-corrected chi connectivity index (χ3v) is 5.49. The fraction of sp³-hybridized carbons (Fsp3) is 0.294. The van der Waals surface area contributed by atoms with Crippen molar-refractivity contribution in [2.24, 2.45) is 4.40 Å². The third kappa shape index (κ3) is 4.11. The van der Waals surface area contributed by atoms with Gasteiger partial charge in [-0.3, -0.25) is 4.79 Å². The van der Waals surface area contributed by atoms with Gasteiger partial charge in [-0.25, -0.2) is 8.42 Å². The molecule has 0 radical (unpaired) electrons. The van der Waals surface area contributed by atoms with Gasteiger partial charge in [0, 0.05) is 17.8 Å². The molecule has 1 amide bonds.